The van der Waals surface area contributed by atoms with Crippen LogP contribution in [0.1, 0.15) is 58.6 Å². The van der Waals surface area contributed by atoms with Crippen molar-refractivity contribution in [2.24, 2.45) is 0 Å². The lowest BCUT2D eigenvalue weighted by Crippen LogP contribution is -2.36. The molecule has 3 atom stereocenters. The molecule has 1 N–H and O–H groups in total. The molecule has 0 amide bonds. The predicted molar refractivity (Wildman–Crippen MR) is 83.7 cm³/mol. The zero-order valence-electron chi connectivity index (χ0n) is 13.1. The minimum Gasteiger partial charge on any atom is -0.365 e. The average molecular weight is 278 g/mol. The van der Waals surface area contributed by atoms with Crippen LogP contribution in [0.4, 0.5) is 10.1 Å². The van der Waals surface area contributed by atoms with Gasteiger partial charge in [-0.15, -0.1) is 0 Å². The Bertz CT molecular complexity index is 447. The van der Waals surface area contributed by atoms with Crippen LogP contribution in [0.5, 0.6) is 0 Å². The molecule has 0 aromatic heterocycles. The number of hydrogen-bond donors (Lipinski definition) is 1. The highest BCUT2D eigenvalue weighted by Gasteiger charge is 2.32. The summed E-state index contributed by atoms with van der Waals surface area (Å²) in [6.07, 6.45) is 3.53. The largest absolute Gasteiger partial charge is 0.365 e. The van der Waals surface area contributed by atoms with Crippen LogP contribution in [0.15, 0.2) is 18.2 Å². The summed E-state index contributed by atoms with van der Waals surface area (Å²) in [7, 11) is 0. The number of halogens is 1. The first kappa shape index (κ1) is 15.3. The van der Waals surface area contributed by atoms with Crippen molar-refractivity contribution in [1.82, 2.24) is 5.32 Å². The normalized spacial score (nSPS) is 24.1. The minimum atomic E-state index is -0.0927. The van der Waals surface area contributed by atoms with E-state index in [1.807, 2.05) is 13.0 Å². The highest BCUT2D eigenvalue weighted by molar-refractivity contribution is 5.58. The Morgan fingerprint density at radius 3 is 2.75 bits per heavy atom. The van der Waals surface area contributed by atoms with Gasteiger partial charge in [0, 0.05) is 29.4 Å². The van der Waals surface area contributed by atoms with E-state index in [4.69, 9.17) is 0 Å². The summed E-state index contributed by atoms with van der Waals surface area (Å²) < 4.78 is 14.4. The highest BCUT2D eigenvalue weighted by Crippen LogP contribution is 2.37. The van der Waals surface area contributed by atoms with Crippen molar-refractivity contribution in [2.45, 2.75) is 65.1 Å². The maximum atomic E-state index is 14.4. The van der Waals surface area contributed by atoms with E-state index in [9.17, 15) is 4.39 Å². The third-order valence-electron chi connectivity index (χ3n) is 4.51. The van der Waals surface area contributed by atoms with Gasteiger partial charge in [-0.05, 0) is 51.8 Å². The number of benzene rings is 1. The van der Waals surface area contributed by atoms with Crippen molar-refractivity contribution in [2.75, 3.05) is 11.4 Å². The summed E-state index contributed by atoms with van der Waals surface area (Å²) in [6, 6.07) is 6.57. The number of nitrogens with one attached hydrogen (secondary N) is 1. The van der Waals surface area contributed by atoms with E-state index >= 15 is 0 Å². The van der Waals surface area contributed by atoms with Crippen LogP contribution in [-0.2, 0) is 0 Å². The second-order valence-corrected chi connectivity index (χ2v) is 5.85. The Kier molecular flexibility index (Phi) is 5.03. The lowest BCUT2D eigenvalue weighted by Gasteiger charge is -2.33. The van der Waals surface area contributed by atoms with Crippen LogP contribution in [0.3, 0.4) is 0 Å². The van der Waals surface area contributed by atoms with E-state index in [1.165, 1.54) is 12.8 Å². The fourth-order valence-electron chi connectivity index (χ4n) is 3.49. The first-order valence-corrected chi connectivity index (χ1v) is 7.90. The first-order valence-electron chi connectivity index (χ1n) is 7.90. The molecule has 1 aliphatic heterocycles. The molecular weight excluding hydrogens is 251 g/mol. The molecule has 1 aromatic carbocycles. The Balaban J connectivity index is 2.42. The van der Waals surface area contributed by atoms with E-state index in [1.54, 1.807) is 6.07 Å². The van der Waals surface area contributed by atoms with Gasteiger partial charge in [-0.1, -0.05) is 19.9 Å². The van der Waals surface area contributed by atoms with Crippen molar-refractivity contribution in [1.29, 1.82) is 0 Å². The first-order chi connectivity index (χ1) is 9.60. The van der Waals surface area contributed by atoms with Gasteiger partial charge in [0.15, 0.2) is 0 Å². The summed E-state index contributed by atoms with van der Waals surface area (Å²) in [5.41, 5.74) is 1.90. The molecule has 3 heteroatoms. The predicted octanol–water partition coefficient (Wildman–Crippen LogP) is 4.26. The summed E-state index contributed by atoms with van der Waals surface area (Å²) in [5.74, 6) is -0.0927. The zero-order chi connectivity index (χ0) is 14.7. The molecule has 1 saturated heterocycles. The third-order valence-corrected chi connectivity index (χ3v) is 4.51. The van der Waals surface area contributed by atoms with Gasteiger partial charge in [-0.3, -0.25) is 0 Å². The molecule has 0 saturated carbocycles. The van der Waals surface area contributed by atoms with Crippen LogP contribution in [0.2, 0.25) is 0 Å². The molecule has 2 rings (SSSR count). The van der Waals surface area contributed by atoms with Gasteiger partial charge >= 0.3 is 0 Å². The number of nitrogens with zero attached hydrogens (tertiary/aromatic N) is 1. The third kappa shape index (κ3) is 2.83. The Morgan fingerprint density at radius 2 is 2.10 bits per heavy atom. The van der Waals surface area contributed by atoms with Gasteiger partial charge in [0.1, 0.15) is 5.82 Å². The molecule has 1 aliphatic rings. The van der Waals surface area contributed by atoms with E-state index in [0.29, 0.717) is 12.1 Å². The molecule has 1 fully saturated rings. The van der Waals surface area contributed by atoms with Crippen molar-refractivity contribution in [3.05, 3.63) is 29.6 Å². The van der Waals surface area contributed by atoms with Gasteiger partial charge in [-0.2, -0.15) is 0 Å². The molecule has 112 valence electrons. The van der Waals surface area contributed by atoms with Gasteiger partial charge in [0.05, 0.1) is 0 Å². The molecule has 0 radical (unpaired) electrons. The Labute approximate surface area is 122 Å². The van der Waals surface area contributed by atoms with Crippen LogP contribution in [0, 0.1) is 5.82 Å². The average Bonchev–Trinajstić information content (AvgIpc) is 2.79. The SMILES string of the molecule is CCNC(C)c1c(F)cccc1N1C(C)CCC1CC. The quantitative estimate of drug-likeness (QED) is 0.865. The second-order valence-electron chi connectivity index (χ2n) is 5.85. The summed E-state index contributed by atoms with van der Waals surface area (Å²) in [6.45, 7) is 9.43. The molecular formula is C17H27FN2. The smallest absolute Gasteiger partial charge is 0.130 e. The van der Waals surface area contributed by atoms with Crippen molar-refractivity contribution < 1.29 is 4.39 Å². The van der Waals surface area contributed by atoms with Crippen molar-refractivity contribution >= 4 is 5.69 Å². The summed E-state index contributed by atoms with van der Waals surface area (Å²) in [5, 5.41) is 3.35. The fourth-order valence-corrected chi connectivity index (χ4v) is 3.49. The standard InChI is InChI=1S/C17H27FN2/c1-5-14-11-10-12(3)20(14)16-9-7-8-15(18)17(16)13(4)19-6-2/h7-9,12-14,19H,5-6,10-11H2,1-4H3. The topological polar surface area (TPSA) is 15.3 Å². The molecule has 0 spiro atoms. The highest BCUT2D eigenvalue weighted by atomic mass is 19.1. The monoisotopic (exact) mass is 278 g/mol. The van der Waals surface area contributed by atoms with E-state index in [0.717, 1.165) is 24.2 Å². The molecule has 1 heterocycles. The van der Waals surface area contributed by atoms with Crippen molar-refractivity contribution in [3.8, 4) is 0 Å². The summed E-state index contributed by atoms with van der Waals surface area (Å²) >= 11 is 0. The van der Waals surface area contributed by atoms with E-state index in [-0.39, 0.29) is 11.9 Å². The van der Waals surface area contributed by atoms with Crippen LogP contribution < -0.4 is 10.2 Å². The summed E-state index contributed by atoms with van der Waals surface area (Å²) in [4.78, 5) is 2.44. The van der Waals surface area contributed by atoms with Gasteiger partial charge < -0.3 is 10.2 Å². The molecule has 3 unspecified atom stereocenters. The molecule has 2 nitrogen and oxygen atoms in total. The molecule has 20 heavy (non-hydrogen) atoms. The molecule has 0 aliphatic carbocycles. The fraction of sp³-hybridized carbons (Fsp3) is 0.647. The number of hydrogen-bond acceptors (Lipinski definition) is 2. The maximum absolute atomic E-state index is 14.4. The molecule has 1 aromatic rings. The van der Waals surface area contributed by atoms with Crippen LogP contribution >= 0.6 is 0 Å². The van der Waals surface area contributed by atoms with Crippen molar-refractivity contribution in [3.63, 3.8) is 0 Å². The lowest BCUT2D eigenvalue weighted by molar-refractivity contribution is 0.533. The molecule has 0 bridgehead atoms. The Hall–Kier alpha value is -1.09. The number of rotatable bonds is 5. The van der Waals surface area contributed by atoms with E-state index < -0.39 is 0 Å². The van der Waals surface area contributed by atoms with E-state index in [2.05, 4.69) is 37.1 Å². The number of anilines is 1. The zero-order valence-corrected chi connectivity index (χ0v) is 13.1. The lowest BCUT2D eigenvalue weighted by atomic mass is 10.0. The van der Waals surface area contributed by atoms with Gasteiger partial charge in [0.25, 0.3) is 0 Å². The Morgan fingerprint density at radius 1 is 1.35 bits per heavy atom. The van der Waals surface area contributed by atoms with Gasteiger partial charge in [-0.25, -0.2) is 4.39 Å². The minimum absolute atomic E-state index is 0.0431. The van der Waals surface area contributed by atoms with Crippen LogP contribution in [-0.4, -0.2) is 18.6 Å². The second kappa shape index (κ2) is 6.57. The maximum Gasteiger partial charge on any atom is 0.130 e. The van der Waals surface area contributed by atoms with Gasteiger partial charge in [0.2, 0.25) is 0 Å². The van der Waals surface area contributed by atoms with Crippen LogP contribution in [0.25, 0.3) is 0 Å².